The summed E-state index contributed by atoms with van der Waals surface area (Å²) in [6.45, 7) is 1.89. The number of H-pyrrole nitrogens is 1. The highest BCUT2D eigenvalue weighted by molar-refractivity contribution is 5.97. The van der Waals surface area contributed by atoms with Crippen LogP contribution in [0.2, 0.25) is 0 Å². The van der Waals surface area contributed by atoms with Gasteiger partial charge in [0.15, 0.2) is 0 Å². The van der Waals surface area contributed by atoms with Gasteiger partial charge in [0.25, 0.3) is 5.91 Å². The van der Waals surface area contributed by atoms with Gasteiger partial charge in [-0.15, -0.1) is 0 Å². The lowest BCUT2D eigenvalue weighted by atomic mass is 10.1. The lowest BCUT2D eigenvalue weighted by molar-refractivity contribution is -0.117. The van der Waals surface area contributed by atoms with E-state index >= 15 is 0 Å². The predicted octanol–water partition coefficient (Wildman–Crippen LogP) is 3.40. The summed E-state index contributed by atoms with van der Waals surface area (Å²) in [6.07, 6.45) is 1.93. The molecular weight excluding hydrogens is 328 g/mol. The van der Waals surface area contributed by atoms with E-state index in [-0.39, 0.29) is 23.8 Å². The molecule has 0 aliphatic heterocycles. The number of amides is 2. The van der Waals surface area contributed by atoms with Crippen LogP contribution in [-0.4, -0.2) is 21.8 Å². The zero-order valence-corrected chi connectivity index (χ0v) is 14.5. The largest absolute Gasteiger partial charge is 0.342 e. The molecule has 0 spiro atoms. The number of rotatable bonds is 5. The van der Waals surface area contributed by atoms with Gasteiger partial charge in [-0.1, -0.05) is 12.1 Å². The smallest absolute Gasteiger partial charge is 0.251 e. The molecule has 1 aromatic heterocycles. The summed E-state index contributed by atoms with van der Waals surface area (Å²) in [7, 11) is 0. The van der Waals surface area contributed by atoms with Gasteiger partial charge >= 0.3 is 0 Å². The number of anilines is 1. The second-order valence-corrected chi connectivity index (χ2v) is 6.68. The third-order valence-electron chi connectivity index (χ3n) is 4.53. The second-order valence-electron chi connectivity index (χ2n) is 6.68. The van der Waals surface area contributed by atoms with Crippen molar-refractivity contribution in [1.82, 2.24) is 15.3 Å². The summed E-state index contributed by atoms with van der Waals surface area (Å²) in [4.78, 5) is 32.0. The average Bonchev–Trinajstić information content (AvgIpc) is 3.41. The number of nitrogens with zero attached hydrogens (tertiary/aromatic N) is 1. The molecule has 3 N–H and O–H groups in total. The number of para-hydroxylation sites is 2. The molecule has 2 aromatic carbocycles. The van der Waals surface area contributed by atoms with E-state index in [0.717, 1.165) is 23.9 Å². The molecule has 2 amide bonds. The number of nitrogens with one attached hydrogen (secondary N) is 3. The van der Waals surface area contributed by atoms with E-state index in [0.29, 0.717) is 17.1 Å². The molecule has 1 heterocycles. The van der Waals surface area contributed by atoms with Crippen LogP contribution in [0.1, 0.15) is 42.0 Å². The topological polar surface area (TPSA) is 86.9 Å². The number of imidazole rings is 1. The summed E-state index contributed by atoms with van der Waals surface area (Å²) in [5.41, 5.74) is 3.07. The van der Waals surface area contributed by atoms with Crippen LogP contribution in [0.4, 0.5) is 5.69 Å². The van der Waals surface area contributed by atoms with Gasteiger partial charge in [-0.25, -0.2) is 4.98 Å². The predicted molar refractivity (Wildman–Crippen MR) is 99.8 cm³/mol. The van der Waals surface area contributed by atoms with Crippen molar-refractivity contribution in [2.75, 3.05) is 5.32 Å². The van der Waals surface area contributed by atoms with Crippen molar-refractivity contribution >= 4 is 28.5 Å². The van der Waals surface area contributed by atoms with Crippen LogP contribution in [-0.2, 0) is 4.79 Å². The van der Waals surface area contributed by atoms with E-state index in [1.54, 1.807) is 24.3 Å². The lowest BCUT2D eigenvalue weighted by Crippen LogP contribution is -2.27. The minimum absolute atomic E-state index is 0.0562. The van der Waals surface area contributed by atoms with Crippen molar-refractivity contribution < 1.29 is 9.59 Å². The normalized spacial score (nSPS) is 14.8. The number of fused-ring (bicyclic) bond motifs is 1. The van der Waals surface area contributed by atoms with Gasteiger partial charge in [-0.3, -0.25) is 9.59 Å². The molecule has 1 saturated carbocycles. The van der Waals surface area contributed by atoms with Crippen LogP contribution >= 0.6 is 0 Å². The second kappa shape index (κ2) is 6.63. The maximum atomic E-state index is 12.5. The Bertz CT molecular complexity index is 924. The van der Waals surface area contributed by atoms with Crippen LogP contribution in [0.25, 0.3) is 11.0 Å². The van der Waals surface area contributed by atoms with E-state index in [1.807, 2.05) is 31.2 Å². The van der Waals surface area contributed by atoms with Crippen LogP contribution in [0.3, 0.4) is 0 Å². The minimum Gasteiger partial charge on any atom is -0.342 e. The molecule has 4 rings (SSSR count). The van der Waals surface area contributed by atoms with Crippen molar-refractivity contribution in [2.45, 2.75) is 25.8 Å². The molecule has 1 aliphatic carbocycles. The van der Waals surface area contributed by atoms with Gasteiger partial charge in [-0.2, -0.15) is 0 Å². The van der Waals surface area contributed by atoms with Gasteiger partial charge in [0.05, 0.1) is 17.1 Å². The highest BCUT2D eigenvalue weighted by Crippen LogP contribution is 2.30. The maximum absolute atomic E-state index is 12.5. The Morgan fingerprint density at radius 2 is 1.85 bits per heavy atom. The SMILES string of the molecule is CC(NC(=O)c1ccc(NC(=O)C2CC2)cc1)c1nc2ccccc2[nH]1. The van der Waals surface area contributed by atoms with E-state index in [9.17, 15) is 9.59 Å². The average molecular weight is 348 g/mol. The highest BCUT2D eigenvalue weighted by atomic mass is 16.2. The molecule has 26 heavy (non-hydrogen) atoms. The summed E-state index contributed by atoms with van der Waals surface area (Å²) in [6, 6.07) is 14.4. The number of carbonyl (C=O) groups is 2. The van der Waals surface area contributed by atoms with Crippen molar-refractivity contribution in [1.29, 1.82) is 0 Å². The first-order valence-electron chi connectivity index (χ1n) is 8.76. The van der Waals surface area contributed by atoms with Crippen LogP contribution < -0.4 is 10.6 Å². The number of hydrogen-bond acceptors (Lipinski definition) is 3. The summed E-state index contributed by atoms with van der Waals surface area (Å²) in [5, 5.41) is 5.81. The zero-order chi connectivity index (χ0) is 18.1. The number of aromatic amines is 1. The molecule has 3 aromatic rings. The standard InChI is InChI=1S/C20H20N4O2/c1-12(18-23-16-4-2-3-5-17(16)24-18)21-19(25)14-8-10-15(11-9-14)22-20(26)13-6-7-13/h2-5,8-13H,6-7H2,1H3,(H,21,25)(H,22,26)(H,23,24). The fourth-order valence-corrected chi connectivity index (χ4v) is 2.82. The van der Waals surface area contributed by atoms with Crippen molar-refractivity contribution in [3.8, 4) is 0 Å². The molecule has 0 radical (unpaired) electrons. The number of aromatic nitrogens is 2. The van der Waals surface area contributed by atoms with Gasteiger partial charge < -0.3 is 15.6 Å². The first-order valence-corrected chi connectivity index (χ1v) is 8.76. The Balaban J connectivity index is 1.41. The molecule has 1 unspecified atom stereocenters. The van der Waals surface area contributed by atoms with E-state index in [4.69, 9.17) is 0 Å². The van der Waals surface area contributed by atoms with Gasteiger partial charge in [-0.05, 0) is 56.2 Å². The third-order valence-corrected chi connectivity index (χ3v) is 4.53. The Morgan fingerprint density at radius 1 is 1.12 bits per heavy atom. The molecule has 132 valence electrons. The van der Waals surface area contributed by atoms with Crippen molar-refractivity contribution in [3.05, 3.63) is 59.9 Å². The fraction of sp³-hybridized carbons (Fsp3) is 0.250. The Labute approximate surface area is 151 Å². The summed E-state index contributed by atoms with van der Waals surface area (Å²) in [5.74, 6) is 0.745. The molecule has 0 bridgehead atoms. The Hall–Kier alpha value is -3.15. The first-order chi connectivity index (χ1) is 12.6. The van der Waals surface area contributed by atoms with E-state index in [1.165, 1.54) is 0 Å². The molecule has 1 aliphatic rings. The summed E-state index contributed by atoms with van der Waals surface area (Å²) >= 11 is 0. The van der Waals surface area contributed by atoms with Gasteiger partial charge in [0.2, 0.25) is 5.91 Å². The molecular formula is C20H20N4O2. The van der Waals surface area contributed by atoms with E-state index in [2.05, 4.69) is 20.6 Å². The molecule has 0 saturated heterocycles. The third kappa shape index (κ3) is 3.44. The van der Waals surface area contributed by atoms with Gasteiger partial charge in [0, 0.05) is 17.2 Å². The monoisotopic (exact) mass is 348 g/mol. The molecule has 1 fully saturated rings. The number of benzene rings is 2. The lowest BCUT2D eigenvalue weighted by Gasteiger charge is -2.12. The molecule has 6 nitrogen and oxygen atoms in total. The van der Waals surface area contributed by atoms with Crippen LogP contribution in [0, 0.1) is 5.92 Å². The first kappa shape index (κ1) is 16.3. The van der Waals surface area contributed by atoms with Crippen LogP contribution in [0.5, 0.6) is 0 Å². The minimum atomic E-state index is -0.246. The van der Waals surface area contributed by atoms with Crippen molar-refractivity contribution in [2.24, 2.45) is 5.92 Å². The molecule has 6 heteroatoms. The Kier molecular flexibility index (Phi) is 4.16. The Morgan fingerprint density at radius 3 is 2.54 bits per heavy atom. The fourth-order valence-electron chi connectivity index (χ4n) is 2.82. The van der Waals surface area contributed by atoms with Gasteiger partial charge in [0.1, 0.15) is 5.82 Å². The summed E-state index contributed by atoms with van der Waals surface area (Å²) < 4.78 is 0. The van der Waals surface area contributed by atoms with Crippen molar-refractivity contribution in [3.63, 3.8) is 0 Å². The molecule has 1 atom stereocenters. The number of carbonyl (C=O) groups excluding carboxylic acids is 2. The quantitative estimate of drug-likeness (QED) is 0.660. The number of hydrogen-bond donors (Lipinski definition) is 3. The zero-order valence-electron chi connectivity index (χ0n) is 14.5. The maximum Gasteiger partial charge on any atom is 0.251 e. The highest BCUT2D eigenvalue weighted by Gasteiger charge is 2.29. The van der Waals surface area contributed by atoms with Crippen LogP contribution in [0.15, 0.2) is 48.5 Å². The van der Waals surface area contributed by atoms with E-state index < -0.39 is 0 Å².